The summed E-state index contributed by atoms with van der Waals surface area (Å²) in [6.07, 6.45) is 0.836. The Hall–Kier alpha value is -2.20. The molecule has 0 saturated heterocycles. The van der Waals surface area contributed by atoms with Crippen LogP contribution in [0.5, 0.6) is 0 Å². The van der Waals surface area contributed by atoms with Gasteiger partial charge >= 0.3 is 0 Å². The molecular formula is C19H18ClN5O2S2. The molecule has 0 fully saturated rings. The van der Waals surface area contributed by atoms with Crippen LogP contribution in [0, 0.1) is 0 Å². The van der Waals surface area contributed by atoms with Gasteiger partial charge < -0.3 is 13.7 Å². The summed E-state index contributed by atoms with van der Waals surface area (Å²) in [5, 5.41) is 20.4. The van der Waals surface area contributed by atoms with E-state index in [9.17, 15) is 0 Å². The summed E-state index contributed by atoms with van der Waals surface area (Å²) in [7, 11) is 1.69. The first-order valence-electron chi connectivity index (χ1n) is 8.92. The van der Waals surface area contributed by atoms with Crippen molar-refractivity contribution in [3.05, 3.63) is 52.7 Å². The van der Waals surface area contributed by atoms with E-state index in [1.165, 1.54) is 11.8 Å². The standard InChI is InChI=1S/C19H18ClN5O2S2/c1-26-10-5-9-25-17(13-6-2-3-7-14(13)20)22-24-19(25)29-12-16-21-23-18(27-16)15-8-4-11-28-15/h2-4,6-8,11H,5,9-10,12H2,1H3. The van der Waals surface area contributed by atoms with Gasteiger partial charge in [0.05, 0.1) is 15.7 Å². The van der Waals surface area contributed by atoms with Crippen LogP contribution < -0.4 is 0 Å². The molecule has 29 heavy (non-hydrogen) atoms. The van der Waals surface area contributed by atoms with E-state index in [0.29, 0.717) is 35.7 Å². The van der Waals surface area contributed by atoms with Crippen LogP contribution in [-0.4, -0.2) is 38.7 Å². The van der Waals surface area contributed by atoms with Crippen LogP contribution in [0.1, 0.15) is 12.3 Å². The van der Waals surface area contributed by atoms with Gasteiger partial charge in [-0.25, -0.2) is 0 Å². The molecule has 150 valence electrons. The predicted octanol–water partition coefficient (Wildman–Crippen LogP) is 5.04. The number of methoxy groups -OCH3 is 1. The lowest BCUT2D eigenvalue weighted by molar-refractivity contribution is 0.189. The number of hydrogen-bond donors (Lipinski definition) is 0. The molecule has 0 unspecified atom stereocenters. The largest absolute Gasteiger partial charge is 0.419 e. The highest BCUT2D eigenvalue weighted by Gasteiger charge is 2.18. The Morgan fingerprint density at radius 3 is 2.83 bits per heavy atom. The molecule has 0 aliphatic heterocycles. The second-order valence-electron chi connectivity index (χ2n) is 6.05. The second kappa shape index (κ2) is 9.53. The predicted molar refractivity (Wildman–Crippen MR) is 114 cm³/mol. The van der Waals surface area contributed by atoms with Crippen molar-refractivity contribution >= 4 is 34.7 Å². The van der Waals surface area contributed by atoms with Gasteiger partial charge in [-0.15, -0.1) is 31.7 Å². The molecule has 0 amide bonds. The minimum atomic E-state index is 0.503. The van der Waals surface area contributed by atoms with Gasteiger partial charge in [0.25, 0.3) is 5.89 Å². The van der Waals surface area contributed by atoms with Gasteiger partial charge in [0.15, 0.2) is 11.0 Å². The molecule has 1 aromatic carbocycles. The number of hydrogen-bond acceptors (Lipinski definition) is 8. The molecule has 4 rings (SSSR count). The van der Waals surface area contributed by atoms with E-state index in [-0.39, 0.29) is 0 Å². The van der Waals surface area contributed by atoms with Crippen molar-refractivity contribution in [2.45, 2.75) is 23.9 Å². The summed E-state index contributed by atoms with van der Waals surface area (Å²) in [6.45, 7) is 1.37. The van der Waals surface area contributed by atoms with Gasteiger partial charge in [0.2, 0.25) is 5.89 Å². The molecule has 0 atom stereocenters. The van der Waals surface area contributed by atoms with Crippen LogP contribution in [-0.2, 0) is 17.0 Å². The van der Waals surface area contributed by atoms with E-state index >= 15 is 0 Å². The summed E-state index contributed by atoms with van der Waals surface area (Å²) in [5.74, 6) is 2.32. The second-order valence-corrected chi connectivity index (χ2v) is 8.35. The van der Waals surface area contributed by atoms with E-state index in [1.54, 1.807) is 18.4 Å². The Morgan fingerprint density at radius 1 is 1.14 bits per heavy atom. The fourth-order valence-electron chi connectivity index (χ4n) is 2.74. The Balaban J connectivity index is 1.54. The van der Waals surface area contributed by atoms with Crippen molar-refractivity contribution in [3.63, 3.8) is 0 Å². The van der Waals surface area contributed by atoms with Crippen molar-refractivity contribution in [2.75, 3.05) is 13.7 Å². The lowest BCUT2D eigenvalue weighted by Crippen LogP contribution is -2.05. The smallest absolute Gasteiger partial charge is 0.257 e. The van der Waals surface area contributed by atoms with E-state index in [4.69, 9.17) is 20.8 Å². The monoisotopic (exact) mass is 447 g/mol. The van der Waals surface area contributed by atoms with Crippen LogP contribution in [0.25, 0.3) is 22.2 Å². The maximum Gasteiger partial charge on any atom is 0.257 e. The zero-order chi connectivity index (χ0) is 20.1. The van der Waals surface area contributed by atoms with Crippen LogP contribution >= 0.6 is 34.7 Å². The highest BCUT2D eigenvalue weighted by Crippen LogP contribution is 2.31. The highest BCUT2D eigenvalue weighted by atomic mass is 35.5. The van der Waals surface area contributed by atoms with Crippen molar-refractivity contribution in [1.82, 2.24) is 25.0 Å². The van der Waals surface area contributed by atoms with Crippen LogP contribution in [0.15, 0.2) is 51.4 Å². The van der Waals surface area contributed by atoms with Gasteiger partial charge in [-0.2, -0.15) is 0 Å². The number of thioether (sulfide) groups is 1. The third-order valence-corrected chi connectivity index (χ3v) is 6.22. The fourth-order valence-corrected chi connectivity index (χ4v) is 4.41. The van der Waals surface area contributed by atoms with Crippen LogP contribution in [0.4, 0.5) is 0 Å². The summed E-state index contributed by atoms with van der Waals surface area (Å²) >= 11 is 9.45. The number of thiophene rings is 1. The van der Waals surface area contributed by atoms with E-state index in [0.717, 1.165) is 27.8 Å². The first kappa shape index (κ1) is 20.1. The summed E-state index contributed by atoms with van der Waals surface area (Å²) in [6, 6.07) is 11.5. The van der Waals surface area contributed by atoms with Gasteiger partial charge in [-0.05, 0) is 30.0 Å². The van der Waals surface area contributed by atoms with Gasteiger partial charge in [-0.3, -0.25) is 0 Å². The SMILES string of the molecule is COCCCn1c(SCc2nnc(-c3cccs3)o2)nnc1-c1ccccc1Cl. The summed E-state index contributed by atoms with van der Waals surface area (Å²) < 4.78 is 13.0. The van der Waals surface area contributed by atoms with Crippen molar-refractivity contribution in [1.29, 1.82) is 0 Å². The Bertz CT molecular complexity index is 1060. The average Bonchev–Trinajstić information content (AvgIpc) is 3.48. The van der Waals surface area contributed by atoms with Gasteiger partial charge in [0, 0.05) is 25.8 Å². The molecule has 0 radical (unpaired) electrons. The molecule has 0 saturated carbocycles. The maximum absolute atomic E-state index is 6.38. The number of ether oxygens (including phenoxy) is 1. The zero-order valence-corrected chi connectivity index (χ0v) is 18.0. The number of benzene rings is 1. The lowest BCUT2D eigenvalue weighted by Gasteiger charge is -2.10. The van der Waals surface area contributed by atoms with Crippen LogP contribution in [0.2, 0.25) is 5.02 Å². The molecule has 3 aromatic heterocycles. The third kappa shape index (κ3) is 4.69. The van der Waals surface area contributed by atoms with Gasteiger partial charge in [-0.1, -0.05) is 41.6 Å². The van der Waals surface area contributed by atoms with E-state index in [1.807, 2.05) is 41.8 Å². The first-order chi connectivity index (χ1) is 14.3. The molecule has 0 bridgehead atoms. The fraction of sp³-hybridized carbons (Fsp3) is 0.263. The molecule has 0 spiro atoms. The van der Waals surface area contributed by atoms with Crippen LogP contribution in [0.3, 0.4) is 0 Å². The van der Waals surface area contributed by atoms with Crippen molar-refractivity contribution in [3.8, 4) is 22.2 Å². The maximum atomic E-state index is 6.38. The molecule has 0 N–H and O–H groups in total. The Morgan fingerprint density at radius 2 is 2.03 bits per heavy atom. The topological polar surface area (TPSA) is 78.9 Å². The molecule has 4 aromatic rings. The molecule has 0 aliphatic rings. The normalized spacial score (nSPS) is 11.2. The van der Waals surface area contributed by atoms with Crippen molar-refractivity contribution < 1.29 is 9.15 Å². The minimum Gasteiger partial charge on any atom is -0.419 e. The number of aromatic nitrogens is 5. The van der Waals surface area contributed by atoms with E-state index < -0.39 is 0 Å². The summed E-state index contributed by atoms with van der Waals surface area (Å²) in [5.41, 5.74) is 0.851. The number of nitrogens with zero attached hydrogens (tertiary/aromatic N) is 5. The molecule has 7 nitrogen and oxygen atoms in total. The molecule has 3 heterocycles. The van der Waals surface area contributed by atoms with Gasteiger partial charge in [0.1, 0.15) is 0 Å². The molecule has 0 aliphatic carbocycles. The highest BCUT2D eigenvalue weighted by molar-refractivity contribution is 7.98. The number of halogens is 1. The summed E-state index contributed by atoms with van der Waals surface area (Å²) in [4.78, 5) is 0.956. The molecule has 10 heteroatoms. The quantitative estimate of drug-likeness (QED) is 0.262. The zero-order valence-electron chi connectivity index (χ0n) is 15.6. The lowest BCUT2D eigenvalue weighted by atomic mass is 10.2. The average molecular weight is 448 g/mol. The first-order valence-corrected chi connectivity index (χ1v) is 11.2. The van der Waals surface area contributed by atoms with E-state index in [2.05, 4.69) is 25.0 Å². The third-order valence-electron chi connectivity index (χ3n) is 4.09. The minimum absolute atomic E-state index is 0.503. The number of rotatable bonds is 9. The Kier molecular flexibility index (Phi) is 6.60. The molecular weight excluding hydrogens is 430 g/mol. The van der Waals surface area contributed by atoms with Crippen molar-refractivity contribution in [2.24, 2.45) is 0 Å². The Labute approximate surface area is 181 Å².